The van der Waals surface area contributed by atoms with Crippen molar-refractivity contribution in [2.75, 3.05) is 0 Å². The van der Waals surface area contributed by atoms with Gasteiger partial charge in [-0.2, -0.15) is 0 Å². The van der Waals surface area contributed by atoms with E-state index in [4.69, 9.17) is 5.73 Å². The third-order valence-corrected chi connectivity index (χ3v) is 3.26. The summed E-state index contributed by atoms with van der Waals surface area (Å²) in [4.78, 5) is 0. The predicted octanol–water partition coefficient (Wildman–Crippen LogP) is 1.44. The van der Waals surface area contributed by atoms with Crippen LogP contribution < -0.4 is 5.73 Å². The highest BCUT2D eigenvalue weighted by atomic mass is 15.6. The van der Waals surface area contributed by atoms with E-state index in [1.807, 2.05) is 11.6 Å². The van der Waals surface area contributed by atoms with Gasteiger partial charge in [-0.25, -0.2) is 4.68 Å². The number of nitrogens with two attached hydrogens (primary N) is 1. The Balaban J connectivity index is 2.12. The summed E-state index contributed by atoms with van der Waals surface area (Å²) in [5.41, 5.74) is 5.83. The average Bonchev–Trinajstić information content (AvgIpc) is 2.67. The largest absolute Gasteiger partial charge is 0.322 e. The van der Waals surface area contributed by atoms with Gasteiger partial charge in [-0.05, 0) is 49.0 Å². The number of tetrazole rings is 1. The number of hydrogen-bond acceptors (Lipinski definition) is 4. The molecule has 1 fully saturated rings. The lowest BCUT2D eigenvalue weighted by Crippen LogP contribution is -2.22. The van der Waals surface area contributed by atoms with Gasteiger partial charge in [0.05, 0.1) is 12.1 Å². The Morgan fingerprint density at radius 1 is 1.33 bits per heavy atom. The van der Waals surface area contributed by atoms with Gasteiger partial charge < -0.3 is 5.73 Å². The molecule has 1 heterocycles. The number of rotatable bonds is 2. The molecule has 0 amide bonds. The third kappa shape index (κ3) is 2.17. The number of nitrogens with zero attached hydrogens (tertiary/aromatic N) is 4. The fourth-order valence-corrected chi connectivity index (χ4v) is 2.25. The normalized spacial score (nSPS) is 29.0. The quantitative estimate of drug-likeness (QED) is 0.800. The van der Waals surface area contributed by atoms with Crippen molar-refractivity contribution in [2.24, 2.45) is 11.7 Å². The van der Waals surface area contributed by atoms with Crippen LogP contribution in [0, 0.1) is 5.92 Å². The van der Waals surface area contributed by atoms with Gasteiger partial charge >= 0.3 is 0 Å². The van der Waals surface area contributed by atoms with E-state index in [2.05, 4.69) is 22.4 Å². The van der Waals surface area contributed by atoms with Gasteiger partial charge in [-0.1, -0.05) is 6.92 Å². The van der Waals surface area contributed by atoms with Gasteiger partial charge in [0.1, 0.15) is 0 Å². The van der Waals surface area contributed by atoms with E-state index in [-0.39, 0.29) is 6.04 Å². The maximum atomic E-state index is 5.83. The Morgan fingerprint density at radius 2 is 2.00 bits per heavy atom. The Kier molecular flexibility index (Phi) is 3.00. The fourth-order valence-electron chi connectivity index (χ4n) is 2.25. The predicted molar refractivity (Wildman–Crippen MR) is 57.1 cm³/mol. The summed E-state index contributed by atoms with van der Waals surface area (Å²) in [5.74, 6) is 1.66. The summed E-state index contributed by atoms with van der Waals surface area (Å²) in [6.45, 7) is 4.23. The summed E-state index contributed by atoms with van der Waals surface area (Å²) in [7, 11) is 0. The standard InChI is InChI=1S/C10H19N5/c1-7-3-5-9(6-4-7)15-10(8(2)11)12-13-14-15/h7-9H,3-6,11H2,1-2H3. The third-order valence-electron chi connectivity index (χ3n) is 3.26. The zero-order valence-electron chi connectivity index (χ0n) is 9.43. The number of aromatic nitrogens is 4. The minimum absolute atomic E-state index is 0.0839. The van der Waals surface area contributed by atoms with Crippen LogP contribution in [-0.4, -0.2) is 20.2 Å². The monoisotopic (exact) mass is 209 g/mol. The molecule has 1 aromatic rings. The molecule has 0 aromatic carbocycles. The van der Waals surface area contributed by atoms with Gasteiger partial charge in [-0.3, -0.25) is 0 Å². The lowest BCUT2D eigenvalue weighted by atomic mass is 9.87. The van der Waals surface area contributed by atoms with Gasteiger partial charge in [0.15, 0.2) is 5.82 Å². The molecule has 0 bridgehead atoms. The van der Waals surface area contributed by atoms with Crippen LogP contribution in [0.15, 0.2) is 0 Å². The first kappa shape index (κ1) is 10.5. The molecule has 0 aliphatic heterocycles. The Hall–Kier alpha value is -0.970. The van der Waals surface area contributed by atoms with Gasteiger partial charge in [0, 0.05) is 0 Å². The molecule has 1 aliphatic carbocycles. The SMILES string of the molecule is CC1CCC(n2nnnc2C(C)N)CC1. The average molecular weight is 209 g/mol. The Bertz CT molecular complexity index is 311. The molecule has 5 nitrogen and oxygen atoms in total. The zero-order chi connectivity index (χ0) is 10.8. The molecule has 1 aromatic heterocycles. The van der Waals surface area contributed by atoms with Crippen molar-refractivity contribution in [3.8, 4) is 0 Å². The molecule has 0 spiro atoms. The first-order valence-corrected chi connectivity index (χ1v) is 5.72. The van der Waals surface area contributed by atoms with Crippen molar-refractivity contribution >= 4 is 0 Å². The first-order valence-electron chi connectivity index (χ1n) is 5.72. The minimum Gasteiger partial charge on any atom is -0.322 e. The molecule has 0 radical (unpaired) electrons. The second-order valence-electron chi connectivity index (χ2n) is 4.68. The van der Waals surface area contributed by atoms with Crippen molar-refractivity contribution in [2.45, 2.75) is 51.6 Å². The summed E-state index contributed by atoms with van der Waals surface area (Å²) < 4.78 is 1.93. The highest BCUT2D eigenvalue weighted by Gasteiger charge is 2.23. The van der Waals surface area contributed by atoms with Crippen molar-refractivity contribution in [3.63, 3.8) is 0 Å². The van der Waals surface area contributed by atoms with Crippen LogP contribution in [0.1, 0.15) is 57.4 Å². The maximum Gasteiger partial charge on any atom is 0.167 e. The van der Waals surface area contributed by atoms with E-state index < -0.39 is 0 Å². The smallest absolute Gasteiger partial charge is 0.167 e. The van der Waals surface area contributed by atoms with Crippen LogP contribution in [0.25, 0.3) is 0 Å². The summed E-state index contributed by atoms with van der Waals surface area (Å²) >= 11 is 0. The van der Waals surface area contributed by atoms with Crippen molar-refractivity contribution in [1.82, 2.24) is 20.2 Å². The van der Waals surface area contributed by atoms with Crippen molar-refractivity contribution < 1.29 is 0 Å². The van der Waals surface area contributed by atoms with Crippen LogP contribution >= 0.6 is 0 Å². The molecular formula is C10H19N5. The lowest BCUT2D eigenvalue weighted by molar-refractivity contribution is 0.264. The zero-order valence-corrected chi connectivity index (χ0v) is 9.43. The molecular weight excluding hydrogens is 190 g/mol. The van der Waals surface area contributed by atoms with Crippen LogP contribution in [0.2, 0.25) is 0 Å². The minimum atomic E-state index is -0.0839. The second-order valence-corrected chi connectivity index (χ2v) is 4.68. The van der Waals surface area contributed by atoms with Crippen LogP contribution in [0.5, 0.6) is 0 Å². The van der Waals surface area contributed by atoms with E-state index in [1.54, 1.807) is 0 Å². The van der Waals surface area contributed by atoms with Crippen molar-refractivity contribution in [1.29, 1.82) is 0 Å². The van der Waals surface area contributed by atoms with Gasteiger partial charge in [0.2, 0.25) is 0 Å². The highest BCUT2D eigenvalue weighted by molar-refractivity contribution is 4.91. The summed E-state index contributed by atoms with van der Waals surface area (Å²) in [6, 6.07) is 0.372. The van der Waals surface area contributed by atoms with E-state index >= 15 is 0 Å². The lowest BCUT2D eigenvalue weighted by Gasteiger charge is -2.26. The van der Waals surface area contributed by atoms with Crippen molar-refractivity contribution in [3.05, 3.63) is 5.82 Å². The van der Waals surface area contributed by atoms with Gasteiger partial charge in [-0.15, -0.1) is 5.10 Å². The Labute approximate surface area is 90.0 Å². The number of hydrogen-bond donors (Lipinski definition) is 1. The topological polar surface area (TPSA) is 69.6 Å². The fraction of sp³-hybridized carbons (Fsp3) is 0.900. The second kappa shape index (κ2) is 4.26. The maximum absolute atomic E-state index is 5.83. The van der Waals surface area contributed by atoms with Crippen LogP contribution in [0.4, 0.5) is 0 Å². The van der Waals surface area contributed by atoms with Gasteiger partial charge in [0.25, 0.3) is 0 Å². The van der Waals surface area contributed by atoms with Crippen LogP contribution in [-0.2, 0) is 0 Å². The molecule has 1 atom stereocenters. The molecule has 15 heavy (non-hydrogen) atoms. The summed E-state index contributed by atoms with van der Waals surface area (Å²) in [6.07, 6.45) is 4.88. The first-order chi connectivity index (χ1) is 7.18. The van der Waals surface area contributed by atoms with E-state index in [1.165, 1.54) is 25.7 Å². The molecule has 1 unspecified atom stereocenters. The van der Waals surface area contributed by atoms with Crippen LogP contribution in [0.3, 0.4) is 0 Å². The molecule has 2 rings (SSSR count). The molecule has 5 heteroatoms. The van der Waals surface area contributed by atoms with E-state index in [9.17, 15) is 0 Å². The Morgan fingerprint density at radius 3 is 2.60 bits per heavy atom. The summed E-state index contributed by atoms with van der Waals surface area (Å²) in [5, 5.41) is 11.8. The van der Waals surface area contributed by atoms with E-state index in [0.717, 1.165) is 11.7 Å². The highest BCUT2D eigenvalue weighted by Crippen LogP contribution is 2.32. The molecule has 1 saturated carbocycles. The molecule has 0 saturated heterocycles. The molecule has 1 aliphatic rings. The molecule has 2 N–H and O–H groups in total. The van der Waals surface area contributed by atoms with E-state index in [0.29, 0.717) is 6.04 Å². The molecule has 84 valence electrons.